The fraction of sp³-hybridized carbons (Fsp3) is 0.372. The Labute approximate surface area is 552 Å². The van der Waals surface area contributed by atoms with Crippen molar-refractivity contribution < 1.29 is 38.2 Å². The van der Waals surface area contributed by atoms with E-state index in [0.29, 0.717) is 75.7 Å². The molecule has 2 heterocycles. The van der Waals surface area contributed by atoms with Gasteiger partial charge in [-0.1, -0.05) is 166 Å². The van der Waals surface area contributed by atoms with E-state index < -0.39 is 12.2 Å². The molecule has 5 N–H and O–H groups in total. The summed E-state index contributed by atoms with van der Waals surface area (Å²) >= 11 is 1.37. The molecule has 1 aliphatic heterocycles. The van der Waals surface area contributed by atoms with Crippen LogP contribution < -0.4 is 40.8 Å². The van der Waals surface area contributed by atoms with Gasteiger partial charge in [-0.3, -0.25) is 14.4 Å². The predicted molar refractivity (Wildman–Crippen MR) is 382 cm³/mol. The van der Waals surface area contributed by atoms with Crippen molar-refractivity contribution in [2.75, 3.05) is 39.3 Å². The van der Waals surface area contributed by atoms with Gasteiger partial charge in [-0.25, -0.2) is 9.59 Å². The Balaban J connectivity index is 1.04. The highest BCUT2D eigenvalue weighted by molar-refractivity contribution is 7.22. The summed E-state index contributed by atoms with van der Waals surface area (Å²) in [6.07, 6.45) is 67.9. The Hall–Kier alpha value is -8.59. The first-order chi connectivity index (χ1) is 45.2. The van der Waals surface area contributed by atoms with Crippen molar-refractivity contribution in [1.29, 1.82) is 0 Å². The first kappa shape index (κ1) is 74.1. The number of amides is 4. The van der Waals surface area contributed by atoms with Crippen LogP contribution in [0.4, 0.5) is 9.59 Å². The largest absolute Gasteiger partial charge is 0.494 e. The van der Waals surface area contributed by atoms with Crippen LogP contribution in [-0.2, 0) is 9.59 Å². The fourth-order valence-electron chi connectivity index (χ4n) is 9.48. The summed E-state index contributed by atoms with van der Waals surface area (Å²) in [5.41, 5.74) is 1.66. The topological polar surface area (TPSA) is 173 Å². The van der Waals surface area contributed by atoms with Crippen LogP contribution in [-0.4, -0.2) is 75.2 Å². The zero-order valence-electron chi connectivity index (χ0n) is 54.3. The van der Waals surface area contributed by atoms with Gasteiger partial charge in [0, 0.05) is 71.2 Å². The number of piperidine rings is 1. The molecule has 490 valence electrons. The van der Waals surface area contributed by atoms with E-state index in [9.17, 15) is 24.0 Å². The normalized spacial score (nSPS) is 14.1. The lowest BCUT2D eigenvalue weighted by molar-refractivity contribution is -0.121. The average Bonchev–Trinajstić information content (AvgIpc) is 1.62. The van der Waals surface area contributed by atoms with E-state index in [-0.39, 0.29) is 55.3 Å². The van der Waals surface area contributed by atoms with Crippen LogP contribution in [0.2, 0.25) is 0 Å². The lowest BCUT2D eigenvalue weighted by atomic mass is 9.97. The number of thiophene rings is 1. The number of ketones is 1. The monoisotopic (exact) mass is 1270 g/mol. The number of allylic oxidation sites excluding steroid dienone is 24. The van der Waals surface area contributed by atoms with Crippen LogP contribution in [0.5, 0.6) is 17.2 Å². The second-order valence-electron chi connectivity index (χ2n) is 21.9. The maximum Gasteiger partial charge on any atom is 0.412 e. The van der Waals surface area contributed by atoms with Gasteiger partial charge >= 0.3 is 12.2 Å². The molecule has 1 unspecified atom stereocenters. The minimum Gasteiger partial charge on any atom is -0.494 e. The highest BCUT2D eigenvalue weighted by Crippen LogP contribution is 2.42. The van der Waals surface area contributed by atoms with Gasteiger partial charge in [-0.15, -0.1) is 11.3 Å². The Morgan fingerprint density at radius 1 is 0.478 bits per heavy atom. The number of hydrogen-bond acceptors (Lipinski definition) is 10. The van der Waals surface area contributed by atoms with E-state index in [1.807, 2.05) is 24.3 Å². The molecule has 1 fully saturated rings. The summed E-state index contributed by atoms with van der Waals surface area (Å²) in [7, 11) is 0. The quantitative estimate of drug-likeness (QED) is 0.0164. The molecule has 1 saturated heterocycles. The molecule has 1 atom stereocenters. The van der Waals surface area contributed by atoms with Crippen LogP contribution in [0.15, 0.2) is 213 Å². The summed E-state index contributed by atoms with van der Waals surface area (Å²) in [5, 5.41) is 15.3. The second-order valence-corrected chi connectivity index (χ2v) is 22.9. The summed E-state index contributed by atoms with van der Waals surface area (Å²) in [6.45, 7) is 6.73. The van der Waals surface area contributed by atoms with Crippen molar-refractivity contribution in [1.82, 2.24) is 26.6 Å². The fourth-order valence-corrected chi connectivity index (χ4v) is 10.7. The zero-order valence-corrected chi connectivity index (χ0v) is 55.2. The number of rotatable bonds is 43. The number of ether oxygens (including phenoxy) is 3. The van der Waals surface area contributed by atoms with Crippen LogP contribution in [0, 0.1) is 0 Å². The molecule has 3 aromatic carbocycles. The van der Waals surface area contributed by atoms with E-state index in [0.717, 1.165) is 96.4 Å². The predicted octanol–water partition coefficient (Wildman–Crippen LogP) is 18.1. The third-order valence-electron chi connectivity index (χ3n) is 14.4. The van der Waals surface area contributed by atoms with Gasteiger partial charge in [-0.05, 0) is 188 Å². The number of benzene rings is 3. The van der Waals surface area contributed by atoms with E-state index in [1.54, 1.807) is 54.6 Å². The molecular formula is C78H99N5O8S. The zero-order chi connectivity index (χ0) is 65.2. The molecular weight excluding hydrogens is 1170 g/mol. The maximum atomic E-state index is 14.6. The van der Waals surface area contributed by atoms with E-state index in [4.69, 9.17) is 14.2 Å². The van der Waals surface area contributed by atoms with Crippen molar-refractivity contribution in [3.63, 3.8) is 0 Å². The van der Waals surface area contributed by atoms with Crippen molar-refractivity contribution in [3.05, 3.63) is 224 Å². The smallest absolute Gasteiger partial charge is 0.412 e. The molecule has 4 amide bonds. The molecule has 0 bridgehead atoms. The van der Waals surface area contributed by atoms with Crippen molar-refractivity contribution in [2.24, 2.45) is 0 Å². The van der Waals surface area contributed by atoms with Gasteiger partial charge in [0.15, 0.2) is 5.78 Å². The first-order valence-electron chi connectivity index (χ1n) is 33.2. The molecule has 0 aliphatic carbocycles. The summed E-state index contributed by atoms with van der Waals surface area (Å²) in [6, 6.07) is 19.7. The van der Waals surface area contributed by atoms with E-state index in [2.05, 4.69) is 174 Å². The third-order valence-corrected chi connectivity index (χ3v) is 15.6. The number of carbonyl (C=O) groups is 5. The summed E-state index contributed by atoms with van der Waals surface area (Å²) in [4.78, 5) is 65.9. The molecule has 0 saturated carbocycles. The summed E-state index contributed by atoms with van der Waals surface area (Å²) in [5.74, 6) is 0.840. The molecule has 5 rings (SSSR count). The minimum absolute atomic E-state index is 0.106. The molecule has 1 aliphatic rings. The SMILES string of the molecule is CCC=CCC=CCC=CCC=CCC=CCC=CCCC(=O)NCCNC(=O)Oc1ccc(-c2sc3cc(OC(=O)NCCNC(=O)CCC=CCC=CCC=CCC=CCC=CCC=CCC)ccc3c2C(=O)c2ccc(OCCC3CCCCN3)cc2)cc1. The third kappa shape index (κ3) is 32.9. The van der Waals surface area contributed by atoms with Gasteiger partial charge < -0.3 is 40.8 Å². The summed E-state index contributed by atoms with van der Waals surface area (Å²) < 4.78 is 18.0. The minimum atomic E-state index is -0.681. The van der Waals surface area contributed by atoms with Crippen LogP contribution in [0.3, 0.4) is 0 Å². The highest BCUT2D eigenvalue weighted by Gasteiger charge is 2.23. The average molecular weight is 1270 g/mol. The Bertz CT molecular complexity index is 3190. The molecule has 92 heavy (non-hydrogen) atoms. The molecule has 1 aromatic heterocycles. The van der Waals surface area contributed by atoms with Crippen molar-refractivity contribution >= 4 is 51.2 Å². The van der Waals surface area contributed by atoms with E-state index in [1.165, 1.54) is 24.2 Å². The van der Waals surface area contributed by atoms with Crippen LogP contribution >= 0.6 is 11.3 Å². The van der Waals surface area contributed by atoms with Crippen molar-refractivity contribution in [2.45, 2.75) is 148 Å². The second kappa shape index (κ2) is 48.2. The standard InChI is InChI=1S/C78H99N5O8S/c1-3-5-7-9-11-13-15-17-19-21-23-25-27-29-31-33-35-37-39-44-72(84)80-58-60-82-77(87)90-68-52-48-65(49-53-68)76-74(75(86)64-46-50-67(51-47-64)89-62-56-66-43-41-42-57-79-66)70-55-54-69(63-71(70)92-76)91-78(88)83-61-59-81-73(85)45-40-38-36-34-32-30-28-26-24-22-20-18-16-14-12-10-8-6-4-2/h5-8,11-14,17-20,23-26,29-32,35-38,46-55,63,66,79H,3-4,9-10,15-16,21-22,27-28,33-34,39-45,56-62H2,1-2H3,(H,80,84)(H,81,85)(H,82,87)(H,83,88). The van der Waals surface area contributed by atoms with Crippen LogP contribution in [0.25, 0.3) is 20.5 Å². The molecule has 14 heteroatoms. The highest BCUT2D eigenvalue weighted by atomic mass is 32.1. The number of nitrogens with one attached hydrogen (secondary N) is 5. The van der Waals surface area contributed by atoms with Gasteiger partial charge in [0.05, 0.1) is 6.61 Å². The van der Waals surface area contributed by atoms with Gasteiger partial charge in [-0.2, -0.15) is 0 Å². The van der Waals surface area contributed by atoms with Gasteiger partial charge in [0.2, 0.25) is 11.8 Å². The van der Waals surface area contributed by atoms with Crippen molar-refractivity contribution in [3.8, 4) is 27.7 Å². The van der Waals surface area contributed by atoms with Gasteiger partial charge in [0.1, 0.15) is 17.2 Å². The first-order valence-corrected chi connectivity index (χ1v) is 34.0. The molecule has 0 spiro atoms. The van der Waals surface area contributed by atoms with E-state index >= 15 is 0 Å². The Kier molecular flexibility index (Phi) is 38.9. The van der Waals surface area contributed by atoms with Crippen LogP contribution in [0.1, 0.15) is 158 Å². The molecule has 0 radical (unpaired) electrons. The Morgan fingerprint density at radius 3 is 1.34 bits per heavy atom. The molecule has 13 nitrogen and oxygen atoms in total. The number of carbonyl (C=O) groups excluding carboxylic acids is 5. The maximum absolute atomic E-state index is 14.6. The number of hydrogen-bond donors (Lipinski definition) is 5. The lowest BCUT2D eigenvalue weighted by Crippen LogP contribution is -2.35. The Morgan fingerprint density at radius 2 is 0.891 bits per heavy atom. The molecule has 4 aromatic rings. The lowest BCUT2D eigenvalue weighted by Gasteiger charge is -2.23. The van der Waals surface area contributed by atoms with Gasteiger partial charge in [0.25, 0.3) is 0 Å². The number of fused-ring (bicyclic) bond motifs is 1.